The molecule has 0 bridgehead atoms. The molecular weight excluding hydrogens is 288 g/mol. The fourth-order valence-corrected chi connectivity index (χ4v) is 2.97. The maximum atomic E-state index is 5.84. The van der Waals surface area contributed by atoms with Gasteiger partial charge >= 0.3 is 0 Å². The van der Waals surface area contributed by atoms with Gasteiger partial charge in [-0.3, -0.25) is 4.68 Å². The van der Waals surface area contributed by atoms with Crippen molar-refractivity contribution in [3.63, 3.8) is 0 Å². The fraction of sp³-hybridized carbons (Fsp3) is 0.286. The van der Waals surface area contributed by atoms with Gasteiger partial charge < -0.3 is 11.1 Å². The van der Waals surface area contributed by atoms with Gasteiger partial charge in [0.1, 0.15) is 4.99 Å². The maximum Gasteiger partial charge on any atom is 0.107 e. The first-order valence-electron chi connectivity index (χ1n) is 6.30. The lowest BCUT2D eigenvalue weighted by molar-refractivity contribution is 0.767. The van der Waals surface area contributed by atoms with E-state index in [1.54, 1.807) is 11.8 Å². The second-order valence-corrected chi connectivity index (χ2v) is 5.73. The highest BCUT2D eigenvalue weighted by molar-refractivity contribution is 7.98. The van der Waals surface area contributed by atoms with Crippen LogP contribution in [0.5, 0.6) is 0 Å². The Morgan fingerprint density at radius 2 is 2.30 bits per heavy atom. The van der Waals surface area contributed by atoms with E-state index in [2.05, 4.69) is 10.4 Å². The van der Waals surface area contributed by atoms with Crippen LogP contribution in [0.3, 0.4) is 0 Å². The van der Waals surface area contributed by atoms with Gasteiger partial charge in [-0.05, 0) is 30.4 Å². The molecule has 106 valence electrons. The van der Waals surface area contributed by atoms with E-state index in [1.165, 1.54) is 5.56 Å². The smallest absolute Gasteiger partial charge is 0.107 e. The minimum absolute atomic E-state index is 0.429. The van der Waals surface area contributed by atoms with Crippen molar-refractivity contribution in [2.24, 2.45) is 12.8 Å². The number of hydrogen-bond acceptors (Lipinski definition) is 4. The van der Waals surface area contributed by atoms with Crippen LogP contribution in [0.1, 0.15) is 11.1 Å². The summed E-state index contributed by atoms with van der Waals surface area (Å²) in [5.41, 5.74) is 8.97. The minimum atomic E-state index is 0.429. The maximum absolute atomic E-state index is 5.84. The van der Waals surface area contributed by atoms with Gasteiger partial charge in [-0.15, -0.1) is 11.8 Å². The van der Waals surface area contributed by atoms with Crippen molar-refractivity contribution in [3.8, 4) is 0 Å². The Morgan fingerprint density at radius 1 is 1.50 bits per heavy atom. The first-order chi connectivity index (χ1) is 9.61. The largest absolute Gasteiger partial charge is 0.389 e. The summed E-state index contributed by atoms with van der Waals surface area (Å²) in [6.07, 6.45) is 6.84. The van der Waals surface area contributed by atoms with Gasteiger partial charge in [0.15, 0.2) is 0 Å². The van der Waals surface area contributed by atoms with Crippen molar-refractivity contribution >= 4 is 34.7 Å². The topological polar surface area (TPSA) is 55.9 Å². The van der Waals surface area contributed by atoms with Gasteiger partial charge in [0.2, 0.25) is 0 Å². The Bertz CT molecular complexity index is 607. The van der Waals surface area contributed by atoms with Crippen molar-refractivity contribution in [1.29, 1.82) is 0 Å². The number of nitrogens with two attached hydrogens (primary N) is 1. The molecule has 2 rings (SSSR count). The average Bonchev–Trinajstić information content (AvgIpc) is 2.83. The van der Waals surface area contributed by atoms with Crippen LogP contribution in [-0.2, 0) is 13.5 Å². The lowest BCUT2D eigenvalue weighted by atomic mass is 10.1. The molecule has 1 aromatic carbocycles. The molecule has 1 aromatic heterocycles. The van der Waals surface area contributed by atoms with Crippen LogP contribution >= 0.6 is 24.0 Å². The van der Waals surface area contributed by atoms with Gasteiger partial charge in [-0.2, -0.15) is 5.10 Å². The third-order valence-corrected chi connectivity index (χ3v) is 3.96. The summed E-state index contributed by atoms with van der Waals surface area (Å²) < 4.78 is 1.81. The molecule has 6 heteroatoms. The molecule has 0 spiro atoms. The highest BCUT2D eigenvalue weighted by Gasteiger charge is 2.10. The Hall–Kier alpha value is -1.53. The Morgan fingerprint density at radius 3 is 2.90 bits per heavy atom. The molecule has 1 heterocycles. The molecule has 0 aliphatic rings. The van der Waals surface area contributed by atoms with E-state index in [4.69, 9.17) is 18.0 Å². The average molecular weight is 306 g/mol. The number of thiocarbonyl (C=S) groups is 1. The van der Waals surface area contributed by atoms with E-state index in [0.29, 0.717) is 4.99 Å². The number of benzene rings is 1. The molecule has 0 fully saturated rings. The Kier molecular flexibility index (Phi) is 5.03. The second kappa shape index (κ2) is 6.76. The van der Waals surface area contributed by atoms with Crippen molar-refractivity contribution < 1.29 is 0 Å². The van der Waals surface area contributed by atoms with Crippen LogP contribution in [0.2, 0.25) is 0 Å². The van der Waals surface area contributed by atoms with E-state index in [9.17, 15) is 0 Å². The van der Waals surface area contributed by atoms with Crippen molar-refractivity contribution in [1.82, 2.24) is 9.78 Å². The van der Waals surface area contributed by atoms with Gasteiger partial charge in [-0.1, -0.05) is 18.3 Å². The first kappa shape index (κ1) is 14.9. The van der Waals surface area contributed by atoms with Crippen LogP contribution in [0.15, 0.2) is 35.5 Å². The predicted octanol–water partition coefficient (Wildman–Crippen LogP) is 2.43. The van der Waals surface area contributed by atoms with Gasteiger partial charge in [-0.25, -0.2) is 0 Å². The van der Waals surface area contributed by atoms with Crippen LogP contribution in [-0.4, -0.2) is 27.6 Å². The number of rotatable bonds is 6. The number of nitrogens with one attached hydrogen (secondary N) is 1. The van der Waals surface area contributed by atoms with E-state index in [0.717, 1.165) is 29.1 Å². The highest BCUT2D eigenvalue weighted by atomic mass is 32.2. The second-order valence-electron chi connectivity index (χ2n) is 4.45. The lowest BCUT2D eigenvalue weighted by Gasteiger charge is -2.14. The quantitative estimate of drug-likeness (QED) is 0.634. The molecule has 0 atom stereocenters. The molecule has 0 radical (unpaired) electrons. The summed E-state index contributed by atoms with van der Waals surface area (Å²) in [4.78, 5) is 1.53. The SMILES string of the molecule is CSc1cccc(NCCc2cnn(C)c2)c1C(N)=S. The van der Waals surface area contributed by atoms with Gasteiger partial charge in [0.25, 0.3) is 0 Å². The third kappa shape index (κ3) is 3.52. The molecule has 0 saturated heterocycles. The van der Waals surface area contributed by atoms with Gasteiger partial charge in [0, 0.05) is 35.9 Å². The van der Waals surface area contributed by atoms with E-state index < -0.39 is 0 Å². The number of aromatic nitrogens is 2. The number of hydrogen-bond donors (Lipinski definition) is 2. The number of aryl methyl sites for hydroxylation is 1. The van der Waals surface area contributed by atoms with E-state index >= 15 is 0 Å². The molecule has 4 nitrogen and oxygen atoms in total. The van der Waals surface area contributed by atoms with E-state index in [1.807, 2.05) is 48.6 Å². The zero-order chi connectivity index (χ0) is 14.5. The van der Waals surface area contributed by atoms with E-state index in [-0.39, 0.29) is 0 Å². The van der Waals surface area contributed by atoms with Crippen LogP contribution in [0.25, 0.3) is 0 Å². The summed E-state index contributed by atoms with van der Waals surface area (Å²) in [7, 11) is 1.92. The molecular formula is C14H18N4S2. The molecule has 3 N–H and O–H groups in total. The van der Waals surface area contributed by atoms with Crippen LogP contribution in [0.4, 0.5) is 5.69 Å². The summed E-state index contributed by atoms with van der Waals surface area (Å²) in [6, 6.07) is 6.06. The molecule has 20 heavy (non-hydrogen) atoms. The lowest BCUT2D eigenvalue weighted by Crippen LogP contribution is -2.15. The van der Waals surface area contributed by atoms with Crippen molar-refractivity contribution in [2.75, 3.05) is 18.1 Å². The first-order valence-corrected chi connectivity index (χ1v) is 7.93. The fourth-order valence-electron chi connectivity index (χ4n) is 2.05. The minimum Gasteiger partial charge on any atom is -0.389 e. The number of thioether (sulfide) groups is 1. The highest BCUT2D eigenvalue weighted by Crippen LogP contribution is 2.27. The molecule has 2 aromatic rings. The number of anilines is 1. The Balaban J connectivity index is 2.07. The summed E-state index contributed by atoms with van der Waals surface area (Å²) >= 11 is 6.81. The molecule has 0 saturated carbocycles. The number of nitrogens with zero attached hydrogens (tertiary/aromatic N) is 2. The molecule has 0 aliphatic heterocycles. The molecule has 0 unspecified atom stereocenters. The Labute approximate surface area is 128 Å². The van der Waals surface area contributed by atoms with Crippen LogP contribution < -0.4 is 11.1 Å². The summed E-state index contributed by atoms with van der Waals surface area (Å²) in [5, 5.41) is 7.57. The zero-order valence-corrected chi connectivity index (χ0v) is 13.2. The monoisotopic (exact) mass is 306 g/mol. The molecule has 0 aliphatic carbocycles. The predicted molar refractivity (Wildman–Crippen MR) is 89.5 cm³/mol. The normalized spacial score (nSPS) is 10.5. The standard InChI is InChI=1S/C14H18N4S2/c1-18-9-10(8-17-18)6-7-16-11-4-3-5-12(20-2)13(11)14(15)19/h3-5,8-9,16H,6-7H2,1-2H3,(H2,15,19). The van der Waals surface area contributed by atoms with Gasteiger partial charge in [0.05, 0.1) is 6.20 Å². The third-order valence-electron chi connectivity index (χ3n) is 2.98. The molecule has 0 amide bonds. The van der Waals surface area contributed by atoms with Crippen LogP contribution in [0, 0.1) is 0 Å². The zero-order valence-electron chi connectivity index (χ0n) is 11.6. The van der Waals surface area contributed by atoms with Crippen molar-refractivity contribution in [3.05, 3.63) is 41.7 Å². The van der Waals surface area contributed by atoms with Crippen molar-refractivity contribution in [2.45, 2.75) is 11.3 Å². The summed E-state index contributed by atoms with van der Waals surface area (Å²) in [6.45, 7) is 0.819. The summed E-state index contributed by atoms with van der Waals surface area (Å²) in [5.74, 6) is 0.